The number of ether oxygens (including phenoxy) is 1. The maximum atomic E-state index is 14.2. The van der Waals surface area contributed by atoms with Crippen LogP contribution in [0.5, 0.6) is 5.75 Å². The molecule has 0 aliphatic heterocycles. The van der Waals surface area contributed by atoms with E-state index in [0.29, 0.717) is 35.1 Å². The van der Waals surface area contributed by atoms with Gasteiger partial charge in [-0.25, -0.2) is 8.78 Å². The molecule has 1 aliphatic rings. The number of methoxy groups -OCH3 is 1. The number of aromatic amines is 1. The van der Waals surface area contributed by atoms with Gasteiger partial charge in [-0.1, -0.05) is 12.1 Å². The molecular weight excluding hydrogens is 448 g/mol. The van der Waals surface area contributed by atoms with E-state index in [4.69, 9.17) is 4.74 Å². The van der Waals surface area contributed by atoms with Crippen LogP contribution in [0.25, 0.3) is 22.0 Å². The molecule has 5 nitrogen and oxygen atoms in total. The number of hydrogen-bond donors (Lipinski definition) is 2. The van der Waals surface area contributed by atoms with E-state index in [1.54, 1.807) is 42.9 Å². The predicted octanol–water partition coefficient (Wildman–Crippen LogP) is 6.22. The van der Waals surface area contributed by atoms with Gasteiger partial charge in [0.2, 0.25) is 0 Å². The molecule has 0 spiro atoms. The zero-order valence-electron chi connectivity index (χ0n) is 19.5. The average Bonchev–Trinajstić information content (AvgIpc) is 3.37. The zero-order valence-corrected chi connectivity index (χ0v) is 19.5. The van der Waals surface area contributed by atoms with E-state index in [1.165, 1.54) is 19.2 Å². The van der Waals surface area contributed by atoms with Gasteiger partial charge in [-0.3, -0.25) is 9.78 Å². The smallest absolute Gasteiger partial charge is 0.253 e. The molecular formula is C28H27F2N3O2. The normalized spacial score (nSPS) is 17.9. The van der Waals surface area contributed by atoms with Gasteiger partial charge in [0.15, 0.2) is 11.6 Å². The van der Waals surface area contributed by atoms with E-state index in [1.807, 2.05) is 6.07 Å². The van der Waals surface area contributed by atoms with Gasteiger partial charge in [-0.15, -0.1) is 0 Å². The van der Waals surface area contributed by atoms with E-state index in [9.17, 15) is 13.6 Å². The number of amides is 1. The number of nitrogens with zero attached hydrogens (tertiary/aromatic N) is 1. The van der Waals surface area contributed by atoms with E-state index in [-0.39, 0.29) is 17.5 Å². The molecule has 2 heterocycles. The zero-order chi connectivity index (χ0) is 24.4. The molecule has 1 amide bonds. The molecule has 1 saturated carbocycles. The molecule has 2 aromatic heterocycles. The monoisotopic (exact) mass is 475 g/mol. The van der Waals surface area contributed by atoms with Crippen LogP contribution in [0, 0.1) is 17.6 Å². The maximum Gasteiger partial charge on any atom is 0.253 e. The molecule has 35 heavy (non-hydrogen) atoms. The van der Waals surface area contributed by atoms with E-state index in [2.05, 4.69) is 15.3 Å². The van der Waals surface area contributed by atoms with Crippen molar-refractivity contribution < 1.29 is 18.3 Å². The van der Waals surface area contributed by atoms with Crippen LogP contribution in [0.15, 0.2) is 61.1 Å². The van der Waals surface area contributed by atoms with Crippen molar-refractivity contribution in [1.29, 1.82) is 0 Å². The van der Waals surface area contributed by atoms with Gasteiger partial charge in [0.1, 0.15) is 5.82 Å². The van der Waals surface area contributed by atoms with Crippen LogP contribution in [-0.4, -0.2) is 29.5 Å². The van der Waals surface area contributed by atoms with Gasteiger partial charge >= 0.3 is 0 Å². The number of nitrogens with one attached hydrogen (secondary N) is 2. The molecule has 0 saturated heterocycles. The number of carbonyl (C=O) groups is 1. The van der Waals surface area contributed by atoms with E-state index in [0.717, 1.165) is 42.1 Å². The Morgan fingerprint density at radius 2 is 1.91 bits per heavy atom. The molecule has 180 valence electrons. The highest BCUT2D eigenvalue weighted by atomic mass is 19.1. The van der Waals surface area contributed by atoms with Crippen molar-refractivity contribution in [1.82, 2.24) is 15.3 Å². The summed E-state index contributed by atoms with van der Waals surface area (Å²) in [6.45, 7) is 0.572. The molecule has 7 heteroatoms. The maximum absolute atomic E-state index is 14.2. The summed E-state index contributed by atoms with van der Waals surface area (Å²) in [5.41, 5.74) is 3.54. The van der Waals surface area contributed by atoms with Gasteiger partial charge in [-0.2, -0.15) is 0 Å². The first kappa shape index (κ1) is 23.0. The summed E-state index contributed by atoms with van der Waals surface area (Å²) in [6, 6.07) is 11.4. The quantitative estimate of drug-likeness (QED) is 0.348. The molecule has 0 atom stereocenters. The number of fused-ring (bicyclic) bond motifs is 1. The molecule has 1 fully saturated rings. The summed E-state index contributed by atoms with van der Waals surface area (Å²) >= 11 is 0. The summed E-state index contributed by atoms with van der Waals surface area (Å²) in [5.74, 6) is -0.0902. The Labute approximate surface area is 202 Å². The van der Waals surface area contributed by atoms with Gasteiger partial charge in [0.05, 0.1) is 18.2 Å². The Balaban J connectivity index is 1.23. The van der Waals surface area contributed by atoms with Crippen molar-refractivity contribution in [2.45, 2.75) is 31.6 Å². The molecule has 4 aromatic rings. The summed E-state index contributed by atoms with van der Waals surface area (Å²) in [5, 5.41) is 3.94. The lowest BCUT2D eigenvalue weighted by Gasteiger charge is -2.29. The Kier molecular flexibility index (Phi) is 6.49. The lowest BCUT2D eigenvalue weighted by Crippen LogP contribution is -2.31. The molecule has 1 aliphatic carbocycles. The van der Waals surface area contributed by atoms with Crippen LogP contribution < -0.4 is 10.1 Å². The second-order valence-corrected chi connectivity index (χ2v) is 9.09. The second-order valence-electron chi connectivity index (χ2n) is 9.09. The Morgan fingerprint density at radius 3 is 2.71 bits per heavy atom. The van der Waals surface area contributed by atoms with E-state index < -0.39 is 5.82 Å². The first-order valence-electron chi connectivity index (χ1n) is 11.9. The van der Waals surface area contributed by atoms with Gasteiger partial charge in [0.25, 0.3) is 5.91 Å². The van der Waals surface area contributed by atoms with Crippen molar-refractivity contribution in [2.24, 2.45) is 5.92 Å². The van der Waals surface area contributed by atoms with Crippen molar-refractivity contribution in [2.75, 3.05) is 13.7 Å². The SMILES string of the molecule is COc1c(F)cccc1-c1c[nH]cc1C(=O)NCC1CCC(c2ccnc3ccc(F)cc23)CC1. The third kappa shape index (κ3) is 4.63. The molecule has 2 aromatic carbocycles. The number of halogens is 2. The standard InChI is InChI=1S/C28H27F2N3O2/c1-35-27-21(3-2-4-25(27)30)23-15-31-16-24(23)28(34)33-14-17-5-7-18(8-6-17)20-11-12-32-26-10-9-19(29)13-22(20)26/h2-4,9-13,15-18,31H,5-8,14H2,1H3,(H,33,34). The molecule has 2 N–H and O–H groups in total. The molecule has 5 rings (SSSR count). The number of hydrogen-bond acceptors (Lipinski definition) is 3. The molecule has 0 radical (unpaired) electrons. The third-order valence-corrected chi connectivity index (χ3v) is 7.03. The first-order chi connectivity index (χ1) is 17.0. The van der Waals surface area contributed by atoms with Crippen LogP contribution in [-0.2, 0) is 0 Å². The van der Waals surface area contributed by atoms with Gasteiger partial charge in [0, 0.05) is 41.6 Å². The predicted molar refractivity (Wildman–Crippen MR) is 131 cm³/mol. The number of benzene rings is 2. The van der Waals surface area contributed by atoms with Crippen molar-refractivity contribution in [3.63, 3.8) is 0 Å². The summed E-state index contributed by atoms with van der Waals surface area (Å²) in [4.78, 5) is 20.3. The lowest BCUT2D eigenvalue weighted by atomic mass is 9.78. The van der Waals surface area contributed by atoms with Crippen molar-refractivity contribution in [3.05, 3.63) is 83.8 Å². The second kappa shape index (κ2) is 9.86. The number of rotatable bonds is 6. The summed E-state index contributed by atoms with van der Waals surface area (Å²) in [6.07, 6.45) is 9.00. The molecule has 0 unspecified atom stereocenters. The van der Waals surface area contributed by atoms with Gasteiger partial charge < -0.3 is 15.0 Å². The van der Waals surface area contributed by atoms with Crippen LogP contribution in [0.2, 0.25) is 0 Å². The third-order valence-electron chi connectivity index (χ3n) is 7.03. The number of pyridine rings is 1. The van der Waals surface area contributed by atoms with Crippen LogP contribution in [0.1, 0.15) is 47.5 Å². The highest BCUT2D eigenvalue weighted by Crippen LogP contribution is 2.38. The van der Waals surface area contributed by atoms with Crippen molar-refractivity contribution in [3.8, 4) is 16.9 Å². The average molecular weight is 476 g/mol. The summed E-state index contributed by atoms with van der Waals surface area (Å²) in [7, 11) is 1.41. The number of carbonyl (C=O) groups excluding carboxylic acids is 1. The van der Waals surface area contributed by atoms with Crippen molar-refractivity contribution >= 4 is 16.8 Å². The largest absolute Gasteiger partial charge is 0.493 e. The minimum atomic E-state index is -0.473. The first-order valence-corrected chi connectivity index (χ1v) is 11.9. The highest BCUT2D eigenvalue weighted by molar-refractivity contribution is 6.01. The Morgan fingerprint density at radius 1 is 1.09 bits per heavy atom. The Bertz CT molecular complexity index is 1360. The van der Waals surface area contributed by atoms with Crippen LogP contribution in [0.4, 0.5) is 8.78 Å². The fourth-order valence-corrected chi connectivity index (χ4v) is 5.21. The lowest BCUT2D eigenvalue weighted by molar-refractivity contribution is 0.0943. The van der Waals surface area contributed by atoms with Crippen LogP contribution >= 0.6 is 0 Å². The molecule has 0 bridgehead atoms. The fourth-order valence-electron chi connectivity index (χ4n) is 5.21. The summed E-state index contributed by atoms with van der Waals surface area (Å²) < 4.78 is 33.2. The number of aromatic nitrogens is 2. The Hall–Kier alpha value is -3.74. The fraction of sp³-hybridized carbons (Fsp3) is 0.286. The van der Waals surface area contributed by atoms with E-state index >= 15 is 0 Å². The highest BCUT2D eigenvalue weighted by Gasteiger charge is 2.25. The number of H-pyrrole nitrogens is 1. The minimum absolute atomic E-state index is 0.114. The van der Waals surface area contributed by atoms with Crippen LogP contribution in [0.3, 0.4) is 0 Å². The topological polar surface area (TPSA) is 67.0 Å². The number of para-hydroxylation sites is 1. The van der Waals surface area contributed by atoms with Gasteiger partial charge in [-0.05, 0) is 73.4 Å². The minimum Gasteiger partial charge on any atom is -0.493 e.